The van der Waals surface area contributed by atoms with Crippen LogP contribution >= 0.6 is 24.0 Å². The van der Waals surface area contributed by atoms with Gasteiger partial charge in [0.05, 0.1) is 0 Å². The number of hydrogen-bond donors (Lipinski definition) is 2. The van der Waals surface area contributed by atoms with Gasteiger partial charge in [0.15, 0.2) is 5.96 Å². The van der Waals surface area contributed by atoms with Crippen molar-refractivity contribution in [1.82, 2.24) is 15.5 Å². The molecule has 1 aromatic rings. The van der Waals surface area contributed by atoms with E-state index in [2.05, 4.69) is 15.6 Å². The molecule has 8 heteroatoms. The van der Waals surface area contributed by atoms with E-state index in [1.54, 1.807) is 13.1 Å². The summed E-state index contributed by atoms with van der Waals surface area (Å²) in [5.41, 5.74) is 0.874. The van der Waals surface area contributed by atoms with Crippen LogP contribution in [0, 0.1) is 5.82 Å². The van der Waals surface area contributed by atoms with Crippen molar-refractivity contribution < 1.29 is 9.18 Å². The zero-order valence-electron chi connectivity index (χ0n) is 16.4. The molecule has 1 unspecified atom stereocenters. The maximum absolute atomic E-state index is 13.3. The summed E-state index contributed by atoms with van der Waals surface area (Å²) in [6, 6.07) is 6.86. The number of benzene rings is 1. The first-order valence-corrected chi connectivity index (χ1v) is 9.25. The molecule has 0 aliphatic carbocycles. The molecule has 1 atom stereocenters. The fourth-order valence-corrected chi connectivity index (χ4v) is 3.08. The molecule has 152 valence electrons. The van der Waals surface area contributed by atoms with E-state index < -0.39 is 0 Å². The second kappa shape index (κ2) is 12.0. The Morgan fingerprint density at radius 3 is 2.89 bits per heavy atom. The Morgan fingerprint density at radius 1 is 1.44 bits per heavy atom. The molecule has 1 amide bonds. The molecule has 0 aromatic heterocycles. The molecule has 1 saturated heterocycles. The van der Waals surface area contributed by atoms with Crippen molar-refractivity contribution in [1.29, 1.82) is 0 Å². The van der Waals surface area contributed by atoms with Gasteiger partial charge in [0.1, 0.15) is 5.82 Å². The molecule has 2 rings (SSSR count). The van der Waals surface area contributed by atoms with Gasteiger partial charge in [-0.15, -0.1) is 24.0 Å². The van der Waals surface area contributed by atoms with E-state index in [1.807, 2.05) is 29.8 Å². The maximum Gasteiger partial charge on any atom is 0.222 e. The Bertz CT molecular complexity index is 628. The molecule has 0 bridgehead atoms. The number of hydrogen-bond acceptors (Lipinski definition) is 3. The summed E-state index contributed by atoms with van der Waals surface area (Å²) >= 11 is 0. The van der Waals surface area contributed by atoms with E-state index in [1.165, 1.54) is 12.1 Å². The zero-order valence-corrected chi connectivity index (χ0v) is 18.7. The third-order valence-electron chi connectivity index (χ3n) is 4.62. The summed E-state index contributed by atoms with van der Waals surface area (Å²) in [6.45, 7) is 5.01. The largest absolute Gasteiger partial charge is 0.374 e. The van der Waals surface area contributed by atoms with Gasteiger partial charge in [-0.25, -0.2) is 4.39 Å². The van der Waals surface area contributed by atoms with Gasteiger partial charge in [-0.1, -0.05) is 13.0 Å². The standard InChI is InChI=1S/C19H30FN5O.HI/c1-4-18(26)25-12-9-16(14-25)23-19(21-2)22-10-6-11-24(3)17-8-5-7-15(20)13-17;/h5,7-8,13,16H,4,6,9-12,14H2,1-3H3,(H2,21,22,23);1H. The predicted octanol–water partition coefficient (Wildman–Crippen LogP) is 2.45. The van der Waals surface area contributed by atoms with E-state index in [-0.39, 0.29) is 41.7 Å². The molecule has 0 spiro atoms. The lowest BCUT2D eigenvalue weighted by Crippen LogP contribution is -2.45. The second-order valence-electron chi connectivity index (χ2n) is 6.58. The zero-order chi connectivity index (χ0) is 18.9. The summed E-state index contributed by atoms with van der Waals surface area (Å²) in [5.74, 6) is 0.746. The second-order valence-corrected chi connectivity index (χ2v) is 6.58. The van der Waals surface area contributed by atoms with Crippen LogP contribution in [-0.2, 0) is 4.79 Å². The molecular formula is C19H31FIN5O. The minimum absolute atomic E-state index is 0. The van der Waals surface area contributed by atoms with Crippen LogP contribution in [0.5, 0.6) is 0 Å². The summed E-state index contributed by atoms with van der Waals surface area (Å²) < 4.78 is 13.3. The third-order valence-corrected chi connectivity index (χ3v) is 4.62. The van der Waals surface area contributed by atoms with Crippen LogP contribution in [0.3, 0.4) is 0 Å². The van der Waals surface area contributed by atoms with E-state index >= 15 is 0 Å². The van der Waals surface area contributed by atoms with Gasteiger partial charge in [-0.05, 0) is 31.0 Å². The Hall–Kier alpha value is -1.58. The van der Waals surface area contributed by atoms with Gasteiger partial charge in [0, 0.05) is 58.4 Å². The van der Waals surface area contributed by atoms with Gasteiger partial charge < -0.3 is 20.4 Å². The predicted molar refractivity (Wildman–Crippen MR) is 119 cm³/mol. The van der Waals surface area contributed by atoms with Crippen LogP contribution in [0.25, 0.3) is 0 Å². The quantitative estimate of drug-likeness (QED) is 0.266. The van der Waals surface area contributed by atoms with Crippen LogP contribution < -0.4 is 15.5 Å². The lowest BCUT2D eigenvalue weighted by molar-refractivity contribution is -0.129. The van der Waals surface area contributed by atoms with Crippen LogP contribution in [0.15, 0.2) is 29.3 Å². The molecule has 1 aliphatic heterocycles. The fraction of sp³-hybridized carbons (Fsp3) is 0.579. The van der Waals surface area contributed by atoms with Gasteiger partial charge in [0.25, 0.3) is 0 Å². The third kappa shape index (κ3) is 7.51. The smallest absolute Gasteiger partial charge is 0.222 e. The first kappa shape index (κ1) is 23.5. The molecule has 1 aromatic carbocycles. The van der Waals surface area contributed by atoms with Crippen molar-refractivity contribution in [3.05, 3.63) is 30.1 Å². The molecule has 27 heavy (non-hydrogen) atoms. The van der Waals surface area contributed by atoms with Crippen LogP contribution in [0.4, 0.5) is 10.1 Å². The lowest BCUT2D eigenvalue weighted by atomic mass is 10.2. The first-order chi connectivity index (χ1) is 12.5. The number of likely N-dealkylation sites (tertiary alicyclic amines) is 1. The highest BCUT2D eigenvalue weighted by Gasteiger charge is 2.25. The molecule has 1 heterocycles. The Balaban J connectivity index is 0.00000364. The number of halogens is 2. The maximum atomic E-state index is 13.3. The summed E-state index contributed by atoms with van der Waals surface area (Å²) in [6.07, 6.45) is 2.39. The van der Waals surface area contributed by atoms with E-state index in [0.29, 0.717) is 6.42 Å². The molecule has 1 fully saturated rings. The van der Waals surface area contributed by atoms with Gasteiger partial charge in [-0.3, -0.25) is 9.79 Å². The number of anilines is 1. The molecule has 6 nitrogen and oxygen atoms in total. The highest BCUT2D eigenvalue weighted by molar-refractivity contribution is 14.0. The first-order valence-electron chi connectivity index (χ1n) is 9.25. The number of carbonyl (C=O) groups excluding carboxylic acids is 1. The van der Waals surface area contributed by atoms with Crippen molar-refractivity contribution in [2.24, 2.45) is 4.99 Å². The topological polar surface area (TPSA) is 60.0 Å². The van der Waals surface area contributed by atoms with Crippen molar-refractivity contribution in [2.75, 3.05) is 45.2 Å². The number of guanidine groups is 1. The van der Waals surface area contributed by atoms with Gasteiger partial charge >= 0.3 is 0 Å². The summed E-state index contributed by atoms with van der Waals surface area (Å²) in [5, 5.41) is 6.69. The summed E-state index contributed by atoms with van der Waals surface area (Å²) in [7, 11) is 3.71. The summed E-state index contributed by atoms with van der Waals surface area (Å²) in [4.78, 5) is 19.9. The SMILES string of the molecule is CCC(=O)N1CCC(NC(=NC)NCCCN(C)c2cccc(F)c2)C1.I. The lowest BCUT2D eigenvalue weighted by Gasteiger charge is -2.21. The normalized spacial score (nSPS) is 16.7. The minimum Gasteiger partial charge on any atom is -0.374 e. The van der Waals surface area contributed by atoms with Crippen molar-refractivity contribution in [3.8, 4) is 0 Å². The average molecular weight is 491 g/mol. The van der Waals surface area contributed by atoms with Gasteiger partial charge in [0.2, 0.25) is 5.91 Å². The van der Waals surface area contributed by atoms with Crippen molar-refractivity contribution >= 4 is 41.5 Å². The Morgan fingerprint density at radius 2 is 2.22 bits per heavy atom. The Labute approximate surface area is 178 Å². The molecule has 1 aliphatic rings. The highest BCUT2D eigenvalue weighted by Crippen LogP contribution is 2.14. The number of nitrogens with zero attached hydrogens (tertiary/aromatic N) is 3. The fourth-order valence-electron chi connectivity index (χ4n) is 3.08. The monoisotopic (exact) mass is 491 g/mol. The van der Waals surface area contributed by atoms with E-state index in [0.717, 1.165) is 50.7 Å². The van der Waals surface area contributed by atoms with Crippen molar-refractivity contribution in [3.63, 3.8) is 0 Å². The number of aliphatic imine (C=N–C) groups is 1. The molecule has 0 radical (unpaired) electrons. The van der Waals surface area contributed by atoms with Crippen LogP contribution in [0.1, 0.15) is 26.2 Å². The molecule has 2 N–H and O–H groups in total. The number of nitrogens with one attached hydrogen (secondary N) is 2. The Kier molecular flexibility index (Phi) is 10.4. The average Bonchev–Trinajstić information content (AvgIpc) is 3.11. The van der Waals surface area contributed by atoms with Crippen LogP contribution in [0.2, 0.25) is 0 Å². The molecular weight excluding hydrogens is 460 g/mol. The number of carbonyl (C=O) groups is 1. The van der Waals surface area contributed by atoms with Crippen LogP contribution in [-0.4, -0.2) is 63.1 Å². The van der Waals surface area contributed by atoms with Crippen molar-refractivity contribution in [2.45, 2.75) is 32.2 Å². The van der Waals surface area contributed by atoms with Gasteiger partial charge in [-0.2, -0.15) is 0 Å². The van der Waals surface area contributed by atoms with E-state index in [9.17, 15) is 9.18 Å². The number of rotatable bonds is 7. The minimum atomic E-state index is -0.218. The highest BCUT2D eigenvalue weighted by atomic mass is 127. The number of amides is 1. The molecule has 0 saturated carbocycles. The van der Waals surface area contributed by atoms with E-state index in [4.69, 9.17) is 0 Å².